The summed E-state index contributed by atoms with van der Waals surface area (Å²) in [6.07, 6.45) is 6.28. The molecule has 1 aromatic heterocycles. The van der Waals surface area contributed by atoms with Gasteiger partial charge in [0.25, 0.3) is 5.91 Å². The Morgan fingerprint density at radius 3 is 2.72 bits per heavy atom. The molecule has 3 amide bonds. The minimum Gasteiger partial charge on any atom is -0.412 e. The summed E-state index contributed by atoms with van der Waals surface area (Å²) in [5.74, 6) is -4.31. The molecule has 8 rings (SSSR count). The fraction of sp³-hybridized carbons (Fsp3) is 0.429. The van der Waals surface area contributed by atoms with Crippen molar-refractivity contribution >= 4 is 40.2 Å². The van der Waals surface area contributed by atoms with E-state index in [2.05, 4.69) is 33.5 Å². The van der Waals surface area contributed by atoms with Crippen LogP contribution in [0.25, 0.3) is 16.5 Å². The number of aromatic amines is 1. The van der Waals surface area contributed by atoms with Crippen LogP contribution in [0.1, 0.15) is 43.4 Å². The van der Waals surface area contributed by atoms with Crippen molar-refractivity contribution in [3.05, 3.63) is 77.5 Å². The first-order valence-corrected chi connectivity index (χ1v) is 16.0. The van der Waals surface area contributed by atoms with Crippen LogP contribution in [0.3, 0.4) is 0 Å². The van der Waals surface area contributed by atoms with Gasteiger partial charge in [-0.1, -0.05) is 48.5 Å². The Labute approximate surface area is 266 Å². The highest BCUT2D eigenvalue weighted by atomic mass is 16.8. The lowest BCUT2D eigenvalue weighted by molar-refractivity contribution is -0.320. The molecule has 4 aliphatic heterocycles. The van der Waals surface area contributed by atoms with E-state index < -0.39 is 41.5 Å². The molecule has 6 atom stereocenters. The van der Waals surface area contributed by atoms with Crippen LogP contribution in [0.2, 0.25) is 0 Å². The molecule has 3 aromatic rings. The van der Waals surface area contributed by atoms with Gasteiger partial charge in [0.15, 0.2) is 0 Å². The lowest BCUT2D eigenvalue weighted by Crippen LogP contribution is -2.72. The maximum absolute atomic E-state index is 14.5. The van der Waals surface area contributed by atoms with Crippen LogP contribution in [0.15, 0.2) is 60.8 Å². The highest BCUT2D eigenvalue weighted by Gasteiger charge is 2.72. The van der Waals surface area contributed by atoms with Crippen molar-refractivity contribution in [1.82, 2.24) is 25.0 Å². The normalized spacial score (nSPS) is 31.8. The Kier molecular flexibility index (Phi) is 6.46. The van der Waals surface area contributed by atoms with Gasteiger partial charge >= 0.3 is 11.9 Å². The van der Waals surface area contributed by atoms with Crippen molar-refractivity contribution in [2.24, 2.45) is 5.92 Å². The third-order valence-corrected chi connectivity index (χ3v) is 10.4. The van der Waals surface area contributed by atoms with Crippen LogP contribution in [0, 0.1) is 5.92 Å². The van der Waals surface area contributed by atoms with Gasteiger partial charge in [-0.3, -0.25) is 33.7 Å². The summed E-state index contributed by atoms with van der Waals surface area (Å²) in [5.41, 5.74) is 3.47. The van der Waals surface area contributed by atoms with E-state index in [-0.39, 0.29) is 24.3 Å². The van der Waals surface area contributed by atoms with Crippen LogP contribution in [-0.4, -0.2) is 93.3 Å². The number of carbonyl (C=O) groups excluding carboxylic acids is 4. The SMILES string of the molecule is CC(=O)O[C@@]12O[C@@](C)(NC(=O)[C@@H]3C=C4c5cccc6[nH]cc(c56)C[C@H]4N(C)C3)C(=O)N1[C@@H](Cc1ccccc1)C(=O)N1CCC[C@H]12. The maximum Gasteiger partial charge on any atom is 0.324 e. The molecular formula is C35H37N5O6. The number of likely N-dealkylation sites (N-methyl/N-ethyl adjacent to an activating group) is 1. The molecular weight excluding hydrogens is 586 g/mol. The van der Waals surface area contributed by atoms with E-state index in [0.717, 1.165) is 28.6 Å². The molecule has 5 aliphatic rings. The number of hydrogen-bond donors (Lipinski definition) is 2. The molecule has 3 fully saturated rings. The van der Waals surface area contributed by atoms with Crippen LogP contribution >= 0.6 is 0 Å². The molecule has 0 bridgehead atoms. The van der Waals surface area contributed by atoms with E-state index in [9.17, 15) is 19.2 Å². The van der Waals surface area contributed by atoms with Gasteiger partial charge < -0.3 is 19.9 Å². The standard InChI is InChI=1S/C35H37N5O6/c1-20(41)45-35-29-13-8-14-39(29)32(43)28(15-21-9-5-4-6-10-21)40(35)33(44)34(2,46-35)37-31(42)23-16-25-24-11-7-12-26-30(24)22(18-36-26)17-27(25)38(3)19-23/h4-7,9-12,16,18,23,27-29,36H,8,13-15,17,19H2,1-3H3,(H,37,42)/t23-,27-,28+,29+,34-,35+/m1/s1. The largest absolute Gasteiger partial charge is 0.412 e. The summed E-state index contributed by atoms with van der Waals surface area (Å²) in [4.78, 5) is 63.8. The van der Waals surface area contributed by atoms with Crippen molar-refractivity contribution in [3.63, 3.8) is 0 Å². The third-order valence-electron chi connectivity index (χ3n) is 10.4. The number of H-pyrrole nitrogens is 1. The quantitative estimate of drug-likeness (QED) is 0.419. The minimum absolute atomic E-state index is 0.122. The average molecular weight is 624 g/mol. The van der Waals surface area contributed by atoms with Gasteiger partial charge in [0, 0.05) is 49.6 Å². The topological polar surface area (TPSA) is 124 Å². The average Bonchev–Trinajstić information content (AvgIpc) is 3.74. The van der Waals surface area contributed by atoms with Gasteiger partial charge in [-0.2, -0.15) is 0 Å². The number of amides is 3. The second kappa shape index (κ2) is 10.3. The molecule has 2 aromatic carbocycles. The molecule has 11 nitrogen and oxygen atoms in total. The Morgan fingerprint density at radius 1 is 1.13 bits per heavy atom. The Morgan fingerprint density at radius 2 is 1.93 bits per heavy atom. The molecule has 46 heavy (non-hydrogen) atoms. The van der Waals surface area contributed by atoms with Gasteiger partial charge in [-0.25, -0.2) is 0 Å². The molecule has 238 valence electrons. The van der Waals surface area contributed by atoms with Crippen molar-refractivity contribution in [1.29, 1.82) is 0 Å². The second-order valence-corrected chi connectivity index (χ2v) is 13.3. The number of hydrogen-bond acceptors (Lipinski definition) is 7. The molecule has 0 unspecified atom stereocenters. The zero-order valence-corrected chi connectivity index (χ0v) is 26.1. The Hall–Kier alpha value is -4.48. The van der Waals surface area contributed by atoms with E-state index in [1.807, 2.05) is 49.5 Å². The summed E-state index contributed by atoms with van der Waals surface area (Å²) < 4.78 is 12.5. The highest BCUT2D eigenvalue weighted by Crippen LogP contribution is 2.48. The van der Waals surface area contributed by atoms with Crippen LogP contribution in [0.5, 0.6) is 0 Å². The van der Waals surface area contributed by atoms with Crippen LogP contribution in [0.4, 0.5) is 0 Å². The van der Waals surface area contributed by atoms with E-state index in [1.165, 1.54) is 29.7 Å². The Balaban J connectivity index is 1.15. The summed E-state index contributed by atoms with van der Waals surface area (Å²) >= 11 is 0. The van der Waals surface area contributed by atoms with Crippen molar-refractivity contribution in [2.75, 3.05) is 20.1 Å². The molecule has 0 radical (unpaired) electrons. The molecule has 5 heterocycles. The summed E-state index contributed by atoms with van der Waals surface area (Å²) in [6, 6.07) is 14.0. The molecule has 2 N–H and O–H groups in total. The van der Waals surface area contributed by atoms with Crippen LogP contribution < -0.4 is 5.32 Å². The number of aromatic nitrogens is 1. The van der Waals surface area contributed by atoms with Gasteiger partial charge in [0.2, 0.25) is 17.5 Å². The Bertz CT molecular complexity index is 1820. The molecule has 3 saturated heterocycles. The number of esters is 1. The predicted octanol–water partition coefficient (Wildman–Crippen LogP) is 2.56. The molecule has 0 saturated carbocycles. The van der Waals surface area contributed by atoms with E-state index in [1.54, 1.807) is 4.90 Å². The third kappa shape index (κ3) is 4.17. The van der Waals surface area contributed by atoms with Crippen LogP contribution in [-0.2, 0) is 41.5 Å². The number of benzene rings is 2. The maximum atomic E-state index is 14.5. The number of rotatable bonds is 5. The minimum atomic E-state index is -1.88. The van der Waals surface area contributed by atoms with Gasteiger partial charge in [-0.05, 0) is 61.6 Å². The zero-order chi connectivity index (χ0) is 32.0. The monoisotopic (exact) mass is 623 g/mol. The molecule has 11 heteroatoms. The van der Waals surface area contributed by atoms with E-state index >= 15 is 0 Å². The molecule has 0 spiro atoms. The summed E-state index contributed by atoms with van der Waals surface area (Å²) in [6.45, 7) is 3.67. The molecule has 1 aliphatic carbocycles. The number of carbonyl (C=O) groups is 4. The number of nitrogens with zero attached hydrogens (tertiary/aromatic N) is 3. The van der Waals surface area contributed by atoms with Crippen molar-refractivity contribution in [3.8, 4) is 0 Å². The van der Waals surface area contributed by atoms with Gasteiger partial charge in [0.05, 0.1) is 5.92 Å². The first kappa shape index (κ1) is 29.0. The highest BCUT2D eigenvalue weighted by molar-refractivity contribution is 6.01. The van der Waals surface area contributed by atoms with Crippen molar-refractivity contribution < 1.29 is 28.7 Å². The lowest BCUT2D eigenvalue weighted by Gasteiger charge is -2.50. The van der Waals surface area contributed by atoms with Gasteiger partial charge in [0.1, 0.15) is 12.1 Å². The van der Waals surface area contributed by atoms with Gasteiger partial charge in [-0.15, -0.1) is 0 Å². The number of ether oxygens (including phenoxy) is 2. The van der Waals surface area contributed by atoms with E-state index in [0.29, 0.717) is 25.9 Å². The first-order valence-electron chi connectivity index (χ1n) is 16.0. The fourth-order valence-electron chi connectivity index (χ4n) is 8.44. The lowest BCUT2D eigenvalue weighted by atomic mass is 9.79. The van der Waals surface area contributed by atoms with Crippen molar-refractivity contribution in [2.45, 2.75) is 69.3 Å². The smallest absolute Gasteiger partial charge is 0.324 e. The number of piperazine rings is 1. The number of fused-ring (bicyclic) bond motifs is 5. The number of nitrogens with one attached hydrogen (secondary N) is 2. The predicted molar refractivity (Wildman–Crippen MR) is 168 cm³/mol. The van der Waals surface area contributed by atoms with E-state index in [4.69, 9.17) is 9.47 Å². The second-order valence-electron chi connectivity index (χ2n) is 13.3. The fourth-order valence-corrected chi connectivity index (χ4v) is 8.44. The summed E-state index contributed by atoms with van der Waals surface area (Å²) in [7, 11) is 2.01. The zero-order valence-electron chi connectivity index (χ0n) is 26.1. The first-order chi connectivity index (χ1) is 22.1. The summed E-state index contributed by atoms with van der Waals surface area (Å²) in [5, 5.41) is 4.09.